The van der Waals surface area contributed by atoms with E-state index in [9.17, 15) is 0 Å². The molecule has 0 bridgehead atoms. The fourth-order valence-electron chi connectivity index (χ4n) is 1.90. The van der Waals surface area contributed by atoms with Gasteiger partial charge in [0.05, 0.1) is 0 Å². The normalized spacial score (nSPS) is 11.0. The average Bonchev–Trinajstić information content (AvgIpc) is 2.45. The third-order valence-corrected chi connectivity index (χ3v) is 2.74. The Labute approximate surface area is 126 Å². The van der Waals surface area contributed by atoms with Crippen molar-refractivity contribution in [2.75, 3.05) is 18.5 Å². The Morgan fingerprint density at radius 2 is 1.29 bits per heavy atom. The average molecular weight is 285 g/mol. The Kier molecular flexibility index (Phi) is 5.09. The van der Waals surface area contributed by atoms with E-state index in [1.54, 1.807) is 0 Å². The first-order valence-corrected chi connectivity index (χ1v) is 7.22. The van der Waals surface area contributed by atoms with Gasteiger partial charge in [-0.05, 0) is 57.2 Å². The van der Waals surface area contributed by atoms with Gasteiger partial charge in [0.2, 0.25) is 0 Å². The van der Waals surface area contributed by atoms with E-state index < -0.39 is 0 Å². The van der Waals surface area contributed by atoms with Crippen LogP contribution in [0.2, 0.25) is 0 Å². The molecule has 3 nitrogen and oxygen atoms in total. The minimum Gasteiger partial charge on any atom is -0.490 e. The molecule has 2 aromatic carbocycles. The molecule has 3 heteroatoms. The minimum absolute atomic E-state index is 0.0614. The van der Waals surface area contributed by atoms with Gasteiger partial charge < -0.3 is 14.8 Å². The molecule has 0 atom stereocenters. The van der Waals surface area contributed by atoms with Gasteiger partial charge in [-0.1, -0.05) is 18.2 Å². The molecule has 0 spiro atoms. The Hall–Kier alpha value is -2.16. The number of anilines is 1. The quantitative estimate of drug-likeness (QED) is 0.800. The van der Waals surface area contributed by atoms with Gasteiger partial charge in [0, 0.05) is 11.2 Å². The van der Waals surface area contributed by atoms with Crippen molar-refractivity contribution in [1.82, 2.24) is 0 Å². The van der Waals surface area contributed by atoms with Crippen LogP contribution in [-0.2, 0) is 0 Å². The van der Waals surface area contributed by atoms with E-state index in [1.165, 1.54) is 0 Å². The van der Waals surface area contributed by atoms with Gasteiger partial charge in [0.15, 0.2) is 0 Å². The van der Waals surface area contributed by atoms with Crippen molar-refractivity contribution >= 4 is 5.69 Å². The highest BCUT2D eigenvalue weighted by atomic mass is 16.5. The maximum absolute atomic E-state index is 5.66. The minimum atomic E-state index is 0.0614. The van der Waals surface area contributed by atoms with Crippen molar-refractivity contribution in [3.8, 4) is 11.5 Å². The lowest BCUT2D eigenvalue weighted by atomic mass is 10.1. The molecular formula is C18H23NO2. The molecule has 112 valence electrons. The lowest BCUT2D eigenvalue weighted by molar-refractivity contribution is 0.217. The topological polar surface area (TPSA) is 30.5 Å². The molecule has 0 aliphatic heterocycles. The molecule has 0 amide bonds. The number of hydrogen-bond donors (Lipinski definition) is 1. The summed E-state index contributed by atoms with van der Waals surface area (Å²) in [6.45, 7) is 7.47. The van der Waals surface area contributed by atoms with Crippen molar-refractivity contribution in [3.05, 3.63) is 54.6 Å². The zero-order valence-electron chi connectivity index (χ0n) is 12.9. The fourth-order valence-corrected chi connectivity index (χ4v) is 1.90. The molecule has 0 saturated carbocycles. The van der Waals surface area contributed by atoms with Crippen LogP contribution in [0, 0.1) is 0 Å². The van der Waals surface area contributed by atoms with Crippen molar-refractivity contribution in [2.45, 2.75) is 26.3 Å². The molecule has 0 fully saturated rings. The summed E-state index contributed by atoms with van der Waals surface area (Å²) >= 11 is 0. The largest absolute Gasteiger partial charge is 0.490 e. The van der Waals surface area contributed by atoms with Gasteiger partial charge in [-0.15, -0.1) is 0 Å². The predicted octanol–water partition coefficient (Wildman–Crippen LogP) is 4.35. The molecule has 0 heterocycles. The molecule has 2 rings (SSSR count). The van der Waals surface area contributed by atoms with Crippen molar-refractivity contribution < 1.29 is 9.47 Å². The lowest BCUT2D eigenvalue weighted by Gasteiger charge is -2.22. The Morgan fingerprint density at radius 3 is 1.81 bits per heavy atom. The van der Waals surface area contributed by atoms with Crippen LogP contribution in [0.15, 0.2) is 54.6 Å². The predicted molar refractivity (Wildman–Crippen MR) is 87.2 cm³/mol. The standard InChI is InChI=1S/C18H23NO2/c1-18(2,3)19-15-9-11-17(12-10-15)21-14-13-20-16-7-5-4-6-8-16/h4-12,19H,13-14H2,1-3H3. The van der Waals surface area contributed by atoms with E-state index in [0.29, 0.717) is 13.2 Å². The third-order valence-electron chi connectivity index (χ3n) is 2.74. The van der Waals surface area contributed by atoms with Crippen LogP contribution in [0.25, 0.3) is 0 Å². The van der Waals surface area contributed by atoms with Crippen LogP contribution in [0.1, 0.15) is 20.8 Å². The van der Waals surface area contributed by atoms with E-state index in [4.69, 9.17) is 9.47 Å². The van der Waals surface area contributed by atoms with Crippen LogP contribution >= 0.6 is 0 Å². The van der Waals surface area contributed by atoms with Gasteiger partial charge in [-0.25, -0.2) is 0 Å². The monoisotopic (exact) mass is 285 g/mol. The van der Waals surface area contributed by atoms with Crippen LogP contribution in [0.5, 0.6) is 11.5 Å². The highest BCUT2D eigenvalue weighted by molar-refractivity contribution is 5.47. The zero-order valence-corrected chi connectivity index (χ0v) is 12.9. The number of hydrogen-bond acceptors (Lipinski definition) is 3. The van der Waals surface area contributed by atoms with E-state index in [2.05, 4.69) is 26.1 Å². The van der Waals surface area contributed by atoms with E-state index >= 15 is 0 Å². The second kappa shape index (κ2) is 7.02. The van der Waals surface area contributed by atoms with Crippen molar-refractivity contribution in [2.24, 2.45) is 0 Å². The molecular weight excluding hydrogens is 262 g/mol. The number of benzene rings is 2. The zero-order chi connectivity index (χ0) is 15.1. The molecule has 0 radical (unpaired) electrons. The van der Waals surface area contributed by atoms with Gasteiger partial charge in [0.25, 0.3) is 0 Å². The summed E-state index contributed by atoms with van der Waals surface area (Å²) in [5.41, 5.74) is 1.15. The summed E-state index contributed by atoms with van der Waals surface area (Å²) in [4.78, 5) is 0. The van der Waals surface area contributed by atoms with Crippen LogP contribution < -0.4 is 14.8 Å². The lowest BCUT2D eigenvalue weighted by Crippen LogP contribution is -2.25. The molecule has 2 aromatic rings. The highest BCUT2D eigenvalue weighted by Crippen LogP contribution is 2.19. The summed E-state index contributed by atoms with van der Waals surface area (Å²) in [6, 6.07) is 17.7. The van der Waals surface area contributed by atoms with Gasteiger partial charge in [-0.2, -0.15) is 0 Å². The third kappa shape index (κ3) is 5.78. The highest BCUT2D eigenvalue weighted by Gasteiger charge is 2.08. The van der Waals surface area contributed by atoms with Gasteiger partial charge in [-0.3, -0.25) is 0 Å². The van der Waals surface area contributed by atoms with Crippen LogP contribution in [-0.4, -0.2) is 18.8 Å². The fraction of sp³-hybridized carbons (Fsp3) is 0.333. The van der Waals surface area contributed by atoms with Crippen molar-refractivity contribution in [3.63, 3.8) is 0 Å². The maximum atomic E-state index is 5.66. The second-order valence-electron chi connectivity index (χ2n) is 5.91. The van der Waals surface area contributed by atoms with E-state index in [1.807, 2.05) is 54.6 Å². The first-order chi connectivity index (χ1) is 10.0. The maximum Gasteiger partial charge on any atom is 0.122 e. The van der Waals surface area contributed by atoms with Crippen molar-refractivity contribution in [1.29, 1.82) is 0 Å². The number of para-hydroxylation sites is 1. The Bertz CT molecular complexity index is 529. The van der Waals surface area contributed by atoms with E-state index in [0.717, 1.165) is 17.2 Å². The first-order valence-electron chi connectivity index (χ1n) is 7.22. The van der Waals surface area contributed by atoms with Gasteiger partial charge >= 0.3 is 0 Å². The molecule has 21 heavy (non-hydrogen) atoms. The SMILES string of the molecule is CC(C)(C)Nc1ccc(OCCOc2ccccc2)cc1. The molecule has 0 aliphatic carbocycles. The molecule has 0 unspecified atom stereocenters. The van der Waals surface area contributed by atoms with E-state index in [-0.39, 0.29) is 5.54 Å². The molecule has 0 aromatic heterocycles. The smallest absolute Gasteiger partial charge is 0.122 e. The summed E-state index contributed by atoms with van der Waals surface area (Å²) in [7, 11) is 0. The Balaban J connectivity index is 1.74. The number of nitrogens with one attached hydrogen (secondary N) is 1. The number of rotatable bonds is 6. The molecule has 0 aliphatic rings. The summed E-state index contributed by atoms with van der Waals surface area (Å²) < 4.78 is 11.2. The molecule has 0 saturated heterocycles. The molecule has 1 N–H and O–H groups in total. The van der Waals surface area contributed by atoms with Crippen LogP contribution in [0.3, 0.4) is 0 Å². The number of ether oxygens (including phenoxy) is 2. The Morgan fingerprint density at radius 1 is 0.762 bits per heavy atom. The summed E-state index contributed by atoms with van der Waals surface area (Å²) in [5.74, 6) is 1.72. The second-order valence-corrected chi connectivity index (χ2v) is 5.91. The summed E-state index contributed by atoms with van der Waals surface area (Å²) in [6.07, 6.45) is 0. The van der Waals surface area contributed by atoms with Gasteiger partial charge in [0.1, 0.15) is 24.7 Å². The first kappa shape index (κ1) is 15.2. The van der Waals surface area contributed by atoms with Crippen LogP contribution in [0.4, 0.5) is 5.69 Å². The summed E-state index contributed by atoms with van der Waals surface area (Å²) in [5, 5.41) is 3.42.